The first-order valence-corrected chi connectivity index (χ1v) is 20.1. The Hall–Kier alpha value is -4.78. The number of hydrogen-bond donors (Lipinski definition) is 1. The molecule has 0 saturated carbocycles. The number of oxazole rings is 1. The van der Waals surface area contributed by atoms with Crippen LogP contribution in [0.4, 0.5) is 16.6 Å². The van der Waals surface area contributed by atoms with Crippen LogP contribution in [0.1, 0.15) is 57.6 Å². The third kappa shape index (κ3) is 7.55. The molecule has 6 rings (SSSR count). The molecule has 1 amide bonds. The average Bonchev–Trinajstić information content (AvgIpc) is 3.74. The van der Waals surface area contributed by atoms with Crippen molar-refractivity contribution in [2.45, 2.75) is 64.9 Å². The van der Waals surface area contributed by atoms with Gasteiger partial charge in [0.15, 0.2) is 22.8 Å². The highest BCUT2D eigenvalue weighted by atomic mass is 35.5. The summed E-state index contributed by atoms with van der Waals surface area (Å²) < 4.78 is 19.9. The maximum Gasteiger partial charge on any atom is 0.413 e. The van der Waals surface area contributed by atoms with Crippen LogP contribution in [-0.4, -0.2) is 65.9 Å². The number of anilines is 2. The Morgan fingerprint density at radius 1 is 0.942 bits per heavy atom. The first-order chi connectivity index (χ1) is 25.1. The quantitative estimate of drug-likeness (QED) is 0.0899. The molecule has 6 aromatic rings. The maximum absolute atomic E-state index is 12.4. The monoisotopic (exact) mass is 739 g/mol. The molecule has 3 aromatic carbocycles. The van der Waals surface area contributed by atoms with E-state index in [4.69, 9.17) is 35.3 Å². The Morgan fingerprint density at radius 2 is 1.62 bits per heavy atom. The normalized spacial score (nSPS) is 12.1. The molecular formula is C39H46ClN7O4Si. The van der Waals surface area contributed by atoms with Crippen molar-refractivity contribution in [3.63, 3.8) is 0 Å². The smallest absolute Gasteiger partial charge is 0.413 e. The van der Waals surface area contributed by atoms with E-state index < -0.39 is 14.4 Å². The number of alkyl halides is 1. The summed E-state index contributed by atoms with van der Waals surface area (Å²) in [6.45, 7) is 12.9. The van der Waals surface area contributed by atoms with E-state index in [2.05, 4.69) is 96.4 Å². The molecule has 0 aliphatic heterocycles. The van der Waals surface area contributed by atoms with E-state index in [-0.39, 0.29) is 11.0 Å². The van der Waals surface area contributed by atoms with Gasteiger partial charge in [-0.25, -0.2) is 14.8 Å². The highest BCUT2D eigenvalue weighted by molar-refractivity contribution is 6.99. The van der Waals surface area contributed by atoms with Crippen molar-refractivity contribution in [2.24, 2.45) is 0 Å². The van der Waals surface area contributed by atoms with Crippen molar-refractivity contribution in [3.8, 4) is 0 Å². The molecular weight excluding hydrogens is 694 g/mol. The number of ether oxygens (including phenoxy) is 1. The molecule has 13 heteroatoms. The summed E-state index contributed by atoms with van der Waals surface area (Å²) in [7, 11) is -1.47. The van der Waals surface area contributed by atoms with Gasteiger partial charge in [-0.05, 0) is 21.8 Å². The number of carbonyl (C=O) groups is 1. The third-order valence-corrected chi connectivity index (χ3v) is 14.6. The average molecular weight is 740 g/mol. The Labute approximate surface area is 310 Å². The summed E-state index contributed by atoms with van der Waals surface area (Å²) in [4.78, 5) is 28.7. The van der Waals surface area contributed by atoms with Crippen LogP contribution in [0.25, 0.3) is 22.1 Å². The number of hydrogen-bond acceptors (Lipinski definition) is 9. The molecule has 0 radical (unpaired) electrons. The molecule has 0 aliphatic rings. The van der Waals surface area contributed by atoms with Crippen LogP contribution in [0.3, 0.4) is 0 Å². The SMILES string of the molecule is CCCCN(CCO[Si](c1ccccc1)(c1ccccc1)C(C)(C)C)c1nc(NC(=O)OC)nc2cn(Cc3ccc(CCl)c4oc(C)nc34)nc12. The molecule has 0 unspecified atom stereocenters. The molecule has 0 atom stereocenters. The van der Waals surface area contributed by atoms with Gasteiger partial charge in [-0.2, -0.15) is 10.1 Å². The van der Waals surface area contributed by atoms with Crippen molar-refractivity contribution in [2.75, 3.05) is 37.0 Å². The van der Waals surface area contributed by atoms with E-state index >= 15 is 0 Å². The number of unbranched alkanes of at least 4 members (excludes halogenated alkanes) is 1. The summed E-state index contributed by atoms with van der Waals surface area (Å²) in [5.41, 5.74) is 4.43. The van der Waals surface area contributed by atoms with Crippen LogP contribution in [0.2, 0.25) is 5.04 Å². The van der Waals surface area contributed by atoms with Gasteiger partial charge in [0.25, 0.3) is 8.32 Å². The summed E-state index contributed by atoms with van der Waals surface area (Å²) in [6, 6.07) is 25.2. The van der Waals surface area contributed by atoms with Gasteiger partial charge >= 0.3 is 6.09 Å². The second kappa shape index (κ2) is 15.8. The van der Waals surface area contributed by atoms with Gasteiger partial charge < -0.3 is 18.5 Å². The minimum atomic E-state index is -2.78. The number of nitrogens with one attached hydrogen (secondary N) is 1. The van der Waals surface area contributed by atoms with Crippen molar-refractivity contribution in [1.82, 2.24) is 24.7 Å². The van der Waals surface area contributed by atoms with Crippen LogP contribution in [0, 0.1) is 6.92 Å². The molecule has 0 spiro atoms. The number of halogens is 1. The van der Waals surface area contributed by atoms with Crippen molar-refractivity contribution >= 4 is 70.3 Å². The summed E-state index contributed by atoms with van der Waals surface area (Å²) in [5.74, 6) is 1.62. The number of fused-ring (bicyclic) bond motifs is 2. The molecule has 11 nitrogen and oxygen atoms in total. The summed E-state index contributed by atoms with van der Waals surface area (Å²) >= 11 is 6.20. The van der Waals surface area contributed by atoms with E-state index in [9.17, 15) is 4.79 Å². The summed E-state index contributed by atoms with van der Waals surface area (Å²) in [6.07, 6.45) is 3.10. The first-order valence-electron chi connectivity index (χ1n) is 17.6. The molecule has 0 fully saturated rings. The standard InChI is InChI=1S/C39H46ClN7O4Si/c1-7-8-21-46(22-23-50-52(39(3,4)5,30-15-11-9-12-16-30)31-17-13-10-14-18-31)36-34-32(42-37(43-36)44-38(48)49-6)26-47(45-34)25-29-20-19-28(24-40)35-33(29)41-27(2)51-35/h9-20,26H,7-8,21-25H2,1-6H3,(H,42,44,48). The first kappa shape index (κ1) is 37.0. The van der Waals surface area contributed by atoms with E-state index in [0.29, 0.717) is 60.4 Å². The molecule has 0 bridgehead atoms. The zero-order valence-corrected chi connectivity index (χ0v) is 32.4. The molecule has 3 aromatic heterocycles. The number of aromatic nitrogens is 5. The Kier molecular flexibility index (Phi) is 11.3. The predicted octanol–water partition coefficient (Wildman–Crippen LogP) is 7.42. The molecule has 1 N–H and O–H groups in total. The number of carbonyl (C=O) groups excluding carboxylic acids is 1. The van der Waals surface area contributed by atoms with Crippen LogP contribution < -0.4 is 20.6 Å². The fraction of sp³-hybridized carbons (Fsp3) is 0.359. The van der Waals surface area contributed by atoms with Gasteiger partial charge in [0.2, 0.25) is 5.95 Å². The Morgan fingerprint density at radius 3 is 2.23 bits per heavy atom. The number of rotatable bonds is 14. The Bertz CT molecular complexity index is 2090. The van der Waals surface area contributed by atoms with Crippen LogP contribution >= 0.6 is 11.6 Å². The van der Waals surface area contributed by atoms with Crippen LogP contribution in [0.15, 0.2) is 83.4 Å². The van der Waals surface area contributed by atoms with Crippen LogP contribution in [-0.2, 0) is 21.6 Å². The number of benzene rings is 3. The topological polar surface area (TPSA) is 120 Å². The fourth-order valence-corrected chi connectivity index (χ4v) is 11.6. The van der Waals surface area contributed by atoms with Gasteiger partial charge in [-0.15, -0.1) is 11.6 Å². The Balaban J connectivity index is 1.39. The van der Waals surface area contributed by atoms with Crippen molar-refractivity contribution in [1.29, 1.82) is 0 Å². The van der Waals surface area contributed by atoms with Gasteiger partial charge in [-0.1, -0.05) is 107 Å². The van der Waals surface area contributed by atoms with Crippen LogP contribution in [0.5, 0.6) is 0 Å². The molecule has 0 saturated heterocycles. The van der Waals surface area contributed by atoms with Crippen molar-refractivity contribution < 1.29 is 18.4 Å². The third-order valence-electron chi connectivity index (χ3n) is 9.26. The molecule has 0 aliphatic carbocycles. The highest BCUT2D eigenvalue weighted by Gasteiger charge is 2.50. The molecule has 272 valence electrons. The van der Waals surface area contributed by atoms with Gasteiger partial charge in [-0.3, -0.25) is 10.00 Å². The minimum Gasteiger partial charge on any atom is -0.453 e. The van der Waals surface area contributed by atoms with E-state index in [1.807, 2.05) is 42.1 Å². The minimum absolute atomic E-state index is 0.129. The predicted molar refractivity (Wildman–Crippen MR) is 209 cm³/mol. The largest absolute Gasteiger partial charge is 0.453 e. The second-order valence-electron chi connectivity index (χ2n) is 13.8. The second-order valence-corrected chi connectivity index (χ2v) is 18.4. The van der Waals surface area contributed by atoms with Gasteiger partial charge in [0, 0.05) is 31.1 Å². The van der Waals surface area contributed by atoms with E-state index in [0.717, 1.165) is 29.5 Å². The lowest BCUT2D eigenvalue weighted by atomic mass is 10.1. The highest BCUT2D eigenvalue weighted by Crippen LogP contribution is 2.37. The zero-order valence-electron chi connectivity index (χ0n) is 30.6. The summed E-state index contributed by atoms with van der Waals surface area (Å²) in [5, 5.41) is 9.96. The molecule has 52 heavy (non-hydrogen) atoms. The number of amides is 1. The maximum atomic E-state index is 12.4. The van der Waals surface area contributed by atoms with Gasteiger partial charge in [0.05, 0.1) is 32.3 Å². The lowest BCUT2D eigenvalue weighted by Gasteiger charge is -2.43. The van der Waals surface area contributed by atoms with Gasteiger partial charge in [0.1, 0.15) is 11.0 Å². The number of methoxy groups -OCH3 is 1. The lowest BCUT2D eigenvalue weighted by Crippen LogP contribution is -2.67. The van der Waals surface area contributed by atoms with Crippen molar-refractivity contribution in [3.05, 3.63) is 96.0 Å². The number of aryl methyl sites for hydroxylation is 1. The lowest BCUT2D eigenvalue weighted by molar-refractivity contribution is 0.186. The fourth-order valence-electron chi connectivity index (χ4n) is 6.81. The zero-order chi connectivity index (χ0) is 36.9. The van der Waals surface area contributed by atoms with E-state index in [1.54, 1.807) is 0 Å². The number of nitrogens with zero attached hydrogens (tertiary/aromatic N) is 6. The molecule has 3 heterocycles. The van der Waals surface area contributed by atoms with E-state index in [1.165, 1.54) is 17.5 Å².